The molecule has 0 fully saturated rings. The molecule has 40 heavy (non-hydrogen) atoms. The zero-order valence-electron chi connectivity index (χ0n) is 22.0. The zero-order valence-corrected chi connectivity index (χ0v) is 22.0. The molecule has 2 heterocycles. The van der Waals surface area contributed by atoms with Crippen molar-refractivity contribution < 1.29 is 23.0 Å². The standard InChI is InChI=1S/C31H25F2N3O4/c1-4-36-17-24(30(37)29(18(36)2)19-5-7-20(32)8-6-19)31(38)35-21-9-12-28(25(33)15-21)40-27-13-14-34-26-16-22(39-3)10-11-23(26)27/h5-17H,4H2,1-3H3,(H,35,38). The first-order valence-corrected chi connectivity index (χ1v) is 12.5. The lowest BCUT2D eigenvalue weighted by Gasteiger charge is -2.16. The van der Waals surface area contributed by atoms with Crippen LogP contribution >= 0.6 is 0 Å². The molecular formula is C31H25F2N3O4. The van der Waals surface area contributed by atoms with E-state index in [0.717, 1.165) is 6.07 Å². The number of aryl methyl sites for hydroxylation is 1. The molecule has 3 aromatic carbocycles. The fourth-order valence-electron chi connectivity index (χ4n) is 4.50. The molecule has 1 amide bonds. The van der Waals surface area contributed by atoms with Crippen LogP contribution in [0.3, 0.4) is 0 Å². The molecule has 202 valence electrons. The van der Waals surface area contributed by atoms with Crippen LogP contribution in [0.2, 0.25) is 0 Å². The summed E-state index contributed by atoms with van der Waals surface area (Å²) in [5.41, 5.74) is 1.58. The van der Waals surface area contributed by atoms with Gasteiger partial charge in [-0.25, -0.2) is 8.78 Å². The van der Waals surface area contributed by atoms with Crippen molar-refractivity contribution in [3.8, 4) is 28.4 Å². The molecule has 0 unspecified atom stereocenters. The van der Waals surface area contributed by atoms with Gasteiger partial charge in [0.2, 0.25) is 5.43 Å². The van der Waals surface area contributed by atoms with Crippen molar-refractivity contribution in [3.05, 3.63) is 112 Å². The van der Waals surface area contributed by atoms with E-state index in [1.165, 1.54) is 42.6 Å². The van der Waals surface area contributed by atoms with Crippen molar-refractivity contribution >= 4 is 22.5 Å². The highest BCUT2D eigenvalue weighted by Gasteiger charge is 2.20. The molecule has 0 aliphatic rings. The van der Waals surface area contributed by atoms with Gasteiger partial charge in [0.25, 0.3) is 5.91 Å². The lowest BCUT2D eigenvalue weighted by Crippen LogP contribution is -2.26. The molecule has 0 aliphatic carbocycles. The van der Waals surface area contributed by atoms with Gasteiger partial charge in [-0.05, 0) is 61.9 Å². The van der Waals surface area contributed by atoms with Crippen LogP contribution in [0.4, 0.5) is 14.5 Å². The van der Waals surface area contributed by atoms with Crippen LogP contribution in [0.1, 0.15) is 23.0 Å². The molecule has 5 aromatic rings. The van der Waals surface area contributed by atoms with Crippen molar-refractivity contribution in [2.45, 2.75) is 20.4 Å². The summed E-state index contributed by atoms with van der Waals surface area (Å²) in [5.74, 6) is -0.860. The number of pyridine rings is 2. The molecule has 0 bridgehead atoms. The predicted molar refractivity (Wildman–Crippen MR) is 149 cm³/mol. The van der Waals surface area contributed by atoms with Gasteiger partial charge in [0, 0.05) is 53.4 Å². The van der Waals surface area contributed by atoms with E-state index in [2.05, 4.69) is 10.3 Å². The van der Waals surface area contributed by atoms with Gasteiger partial charge >= 0.3 is 0 Å². The minimum absolute atomic E-state index is 0.0522. The number of benzene rings is 3. The monoisotopic (exact) mass is 541 g/mol. The Kier molecular flexibility index (Phi) is 7.29. The zero-order chi connectivity index (χ0) is 28.4. The third-order valence-corrected chi connectivity index (χ3v) is 6.59. The molecule has 0 aliphatic heterocycles. The van der Waals surface area contributed by atoms with E-state index in [-0.39, 0.29) is 17.0 Å². The topological polar surface area (TPSA) is 82.5 Å². The van der Waals surface area contributed by atoms with Gasteiger partial charge in [-0.1, -0.05) is 12.1 Å². The Hall–Kier alpha value is -5.05. The number of anilines is 1. The van der Waals surface area contributed by atoms with Gasteiger partial charge in [-0.15, -0.1) is 0 Å². The molecule has 0 saturated heterocycles. The Balaban J connectivity index is 1.42. The highest BCUT2D eigenvalue weighted by atomic mass is 19.1. The van der Waals surface area contributed by atoms with Crippen molar-refractivity contribution in [2.24, 2.45) is 0 Å². The van der Waals surface area contributed by atoms with Crippen LogP contribution in [0.25, 0.3) is 22.0 Å². The molecule has 1 N–H and O–H groups in total. The minimum atomic E-state index is -0.710. The number of carbonyl (C=O) groups is 1. The summed E-state index contributed by atoms with van der Waals surface area (Å²) in [6, 6.07) is 16.4. The van der Waals surface area contributed by atoms with E-state index in [9.17, 15) is 14.0 Å². The highest BCUT2D eigenvalue weighted by molar-refractivity contribution is 6.04. The van der Waals surface area contributed by atoms with Crippen LogP contribution in [-0.2, 0) is 6.54 Å². The molecule has 0 spiro atoms. The highest BCUT2D eigenvalue weighted by Crippen LogP contribution is 2.33. The van der Waals surface area contributed by atoms with Gasteiger partial charge in [0.05, 0.1) is 12.6 Å². The first-order valence-electron chi connectivity index (χ1n) is 12.5. The number of nitrogens with zero attached hydrogens (tertiary/aromatic N) is 2. The van der Waals surface area contributed by atoms with E-state index in [4.69, 9.17) is 9.47 Å². The van der Waals surface area contributed by atoms with Gasteiger partial charge in [-0.3, -0.25) is 14.6 Å². The molecule has 7 nitrogen and oxygen atoms in total. The number of methoxy groups -OCH3 is 1. The molecule has 0 saturated carbocycles. The summed E-state index contributed by atoms with van der Waals surface area (Å²) in [6.45, 7) is 4.14. The van der Waals surface area contributed by atoms with E-state index in [0.29, 0.717) is 45.8 Å². The summed E-state index contributed by atoms with van der Waals surface area (Å²) in [6.07, 6.45) is 3.02. The third-order valence-electron chi connectivity index (χ3n) is 6.59. The number of ether oxygens (including phenoxy) is 2. The number of rotatable bonds is 7. The molecule has 9 heteroatoms. The minimum Gasteiger partial charge on any atom is -0.497 e. The Morgan fingerprint density at radius 1 is 1.00 bits per heavy atom. The van der Waals surface area contributed by atoms with E-state index in [1.807, 2.05) is 6.92 Å². The smallest absolute Gasteiger partial charge is 0.261 e. The molecular weight excluding hydrogens is 516 g/mol. The lowest BCUT2D eigenvalue weighted by molar-refractivity contribution is 0.102. The largest absolute Gasteiger partial charge is 0.497 e. The molecule has 0 radical (unpaired) electrons. The van der Waals surface area contributed by atoms with E-state index < -0.39 is 23.0 Å². The maximum absolute atomic E-state index is 15.1. The number of hydrogen-bond donors (Lipinski definition) is 1. The normalized spacial score (nSPS) is 10.9. The van der Waals surface area contributed by atoms with Crippen LogP contribution in [0, 0.1) is 18.6 Å². The van der Waals surface area contributed by atoms with Crippen molar-refractivity contribution in [1.29, 1.82) is 0 Å². The number of hydrogen-bond acceptors (Lipinski definition) is 5. The number of fused-ring (bicyclic) bond motifs is 1. The summed E-state index contributed by atoms with van der Waals surface area (Å²) in [7, 11) is 1.56. The van der Waals surface area contributed by atoms with Gasteiger partial charge in [-0.2, -0.15) is 0 Å². The maximum atomic E-state index is 15.1. The number of nitrogens with one attached hydrogen (secondary N) is 1. The Morgan fingerprint density at radius 3 is 2.48 bits per heavy atom. The first-order chi connectivity index (χ1) is 19.3. The van der Waals surface area contributed by atoms with Gasteiger partial charge in [0.15, 0.2) is 11.6 Å². The van der Waals surface area contributed by atoms with E-state index in [1.54, 1.807) is 49.1 Å². The second-order valence-electron chi connectivity index (χ2n) is 9.02. The van der Waals surface area contributed by atoms with Crippen LogP contribution in [0.5, 0.6) is 17.2 Å². The Labute approximate surface area is 228 Å². The predicted octanol–water partition coefficient (Wildman–Crippen LogP) is 6.72. The quantitative estimate of drug-likeness (QED) is 0.247. The summed E-state index contributed by atoms with van der Waals surface area (Å²) in [5, 5.41) is 3.27. The Morgan fingerprint density at radius 2 is 1.77 bits per heavy atom. The summed E-state index contributed by atoms with van der Waals surface area (Å²) in [4.78, 5) is 30.9. The van der Waals surface area contributed by atoms with Gasteiger partial charge in [0.1, 0.15) is 22.9 Å². The number of halogens is 2. The average molecular weight is 542 g/mol. The molecule has 0 atom stereocenters. The third kappa shape index (κ3) is 5.13. The number of carbonyl (C=O) groups excluding carboxylic acids is 1. The van der Waals surface area contributed by atoms with Crippen LogP contribution in [0.15, 0.2) is 83.9 Å². The number of aromatic nitrogens is 2. The second kappa shape index (κ2) is 11.0. The fourth-order valence-corrected chi connectivity index (χ4v) is 4.50. The first kappa shape index (κ1) is 26.6. The van der Waals surface area contributed by atoms with Gasteiger partial charge < -0.3 is 19.4 Å². The van der Waals surface area contributed by atoms with Crippen molar-refractivity contribution in [2.75, 3.05) is 12.4 Å². The Bertz CT molecular complexity index is 1800. The maximum Gasteiger partial charge on any atom is 0.261 e. The SMILES string of the molecule is CCn1cc(C(=O)Nc2ccc(Oc3ccnc4cc(OC)ccc34)c(F)c2)c(=O)c(-c2ccc(F)cc2)c1C. The fraction of sp³-hybridized carbons (Fsp3) is 0.129. The summed E-state index contributed by atoms with van der Waals surface area (Å²) < 4.78 is 41.4. The second-order valence-corrected chi connectivity index (χ2v) is 9.02. The van der Waals surface area contributed by atoms with E-state index >= 15 is 4.39 Å². The van der Waals surface area contributed by atoms with Crippen molar-refractivity contribution in [1.82, 2.24) is 9.55 Å². The molecule has 2 aromatic heterocycles. The summed E-state index contributed by atoms with van der Waals surface area (Å²) >= 11 is 0. The van der Waals surface area contributed by atoms with Crippen molar-refractivity contribution in [3.63, 3.8) is 0 Å². The van der Waals surface area contributed by atoms with Crippen LogP contribution < -0.4 is 20.2 Å². The molecule has 5 rings (SSSR count). The number of amides is 1. The van der Waals surface area contributed by atoms with Crippen LogP contribution in [-0.4, -0.2) is 22.6 Å². The lowest BCUT2D eigenvalue weighted by atomic mass is 10.0. The average Bonchev–Trinajstić information content (AvgIpc) is 2.95.